The Kier molecular flexibility index (Phi) is 6.03. The SMILES string of the molecule is COc1ccc(C(=O)O)cc1S(=O)(=O)Cc1cc(C(F)(F)F)ccc1-c1ccccn1. The van der Waals surface area contributed by atoms with E-state index in [9.17, 15) is 31.5 Å². The third-order valence-corrected chi connectivity index (χ3v) is 6.14. The Morgan fingerprint density at radius 1 is 1.10 bits per heavy atom. The fraction of sp³-hybridized carbons (Fsp3) is 0.143. The number of hydrogen-bond donors (Lipinski definition) is 1. The van der Waals surface area contributed by atoms with E-state index >= 15 is 0 Å². The number of nitrogens with zero attached hydrogens (tertiary/aromatic N) is 1. The molecule has 2 aromatic carbocycles. The summed E-state index contributed by atoms with van der Waals surface area (Å²) in [5.41, 5.74) is -0.925. The number of sulfone groups is 1. The number of methoxy groups -OCH3 is 1. The predicted octanol–water partition coefficient (Wildman–Crippen LogP) is 4.45. The summed E-state index contributed by atoms with van der Waals surface area (Å²) in [5.74, 6) is -2.29. The van der Waals surface area contributed by atoms with E-state index < -0.39 is 38.2 Å². The van der Waals surface area contributed by atoms with Gasteiger partial charge < -0.3 is 9.84 Å². The van der Waals surface area contributed by atoms with Crippen LogP contribution in [-0.4, -0.2) is 31.6 Å². The van der Waals surface area contributed by atoms with Crippen molar-refractivity contribution in [1.82, 2.24) is 4.98 Å². The summed E-state index contributed by atoms with van der Waals surface area (Å²) in [6, 6.07) is 10.8. The summed E-state index contributed by atoms with van der Waals surface area (Å²) < 4.78 is 71.1. The smallest absolute Gasteiger partial charge is 0.416 e. The maximum atomic E-state index is 13.3. The fourth-order valence-corrected chi connectivity index (χ4v) is 4.56. The molecular weight excluding hydrogens is 435 g/mol. The van der Waals surface area contributed by atoms with Gasteiger partial charge in [0.2, 0.25) is 0 Å². The first-order valence-corrected chi connectivity index (χ1v) is 10.4. The van der Waals surface area contributed by atoms with Crippen LogP contribution in [0.2, 0.25) is 0 Å². The van der Waals surface area contributed by atoms with Crippen LogP contribution in [0.1, 0.15) is 21.5 Å². The van der Waals surface area contributed by atoms with Crippen LogP contribution in [-0.2, 0) is 21.8 Å². The lowest BCUT2D eigenvalue weighted by Gasteiger charge is -2.15. The quantitative estimate of drug-likeness (QED) is 0.595. The van der Waals surface area contributed by atoms with Crippen LogP contribution in [0.3, 0.4) is 0 Å². The highest BCUT2D eigenvalue weighted by Gasteiger charge is 2.32. The van der Waals surface area contributed by atoms with Crippen molar-refractivity contribution in [3.05, 3.63) is 77.5 Å². The van der Waals surface area contributed by atoms with Crippen molar-refractivity contribution in [1.29, 1.82) is 0 Å². The number of aromatic carboxylic acids is 1. The second kappa shape index (κ2) is 8.38. The largest absolute Gasteiger partial charge is 0.495 e. The minimum atomic E-state index is -4.68. The van der Waals surface area contributed by atoms with Gasteiger partial charge in [0.05, 0.1) is 29.7 Å². The average Bonchev–Trinajstić information content (AvgIpc) is 2.73. The number of alkyl halides is 3. The number of aromatic nitrogens is 1. The van der Waals surface area contributed by atoms with E-state index in [0.29, 0.717) is 5.69 Å². The molecule has 0 fully saturated rings. The molecular formula is C21H16F3NO5S. The Labute approximate surface area is 175 Å². The van der Waals surface area contributed by atoms with Gasteiger partial charge in [-0.1, -0.05) is 12.1 Å². The molecule has 0 aliphatic carbocycles. The number of carbonyl (C=O) groups is 1. The van der Waals surface area contributed by atoms with E-state index in [1.54, 1.807) is 18.2 Å². The zero-order valence-corrected chi connectivity index (χ0v) is 16.9. The van der Waals surface area contributed by atoms with E-state index in [-0.39, 0.29) is 22.4 Å². The average molecular weight is 451 g/mol. The van der Waals surface area contributed by atoms with Crippen molar-refractivity contribution in [2.24, 2.45) is 0 Å². The Morgan fingerprint density at radius 3 is 2.42 bits per heavy atom. The molecule has 0 saturated carbocycles. The van der Waals surface area contributed by atoms with Gasteiger partial charge in [-0.3, -0.25) is 4.98 Å². The third kappa shape index (κ3) is 4.85. The summed E-state index contributed by atoms with van der Waals surface area (Å²) >= 11 is 0. The molecule has 0 amide bonds. The number of carboxylic acids is 1. The number of carboxylic acid groups (broad SMARTS) is 1. The molecule has 162 valence electrons. The Balaban J connectivity index is 2.17. The molecule has 1 aromatic heterocycles. The molecule has 0 radical (unpaired) electrons. The van der Waals surface area contributed by atoms with Crippen LogP contribution in [0, 0.1) is 0 Å². The molecule has 3 aromatic rings. The first kappa shape index (κ1) is 22.3. The second-order valence-electron chi connectivity index (χ2n) is 6.51. The number of benzene rings is 2. The van der Waals surface area contributed by atoms with Crippen LogP contribution in [0.5, 0.6) is 5.75 Å². The number of rotatable bonds is 6. The van der Waals surface area contributed by atoms with Crippen molar-refractivity contribution in [3.8, 4) is 17.0 Å². The van der Waals surface area contributed by atoms with Crippen molar-refractivity contribution in [2.45, 2.75) is 16.8 Å². The molecule has 10 heteroatoms. The van der Waals surface area contributed by atoms with Crippen LogP contribution in [0.15, 0.2) is 65.7 Å². The molecule has 0 spiro atoms. The van der Waals surface area contributed by atoms with Gasteiger partial charge in [-0.2, -0.15) is 13.2 Å². The zero-order chi connectivity index (χ0) is 22.8. The van der Waals surface area contributed by atoms with E-state index in [4.69, 9.17) is 4.74 Å². The number of ether oxygens (including phenoxy) is 1. The maximum Gasteiger partial charge on any atom is 0.416 e. The van der Waals surface area contributed by atoms with Crippen LogP contribution < -0.4 is 4.74 Å². The lowest BCUT2D eigenvalue weighted by molar-refractivity contribution is -0.137. The molecule has 0 unspecified atom stereocenters. The van der Waals surface area contributed by atoms with Crippen LogP contribution >= 0.6 is 0 Å². The normalized spacial score (nSPS) is 11.9. The summed E-state index contributed by atoms with van der Waals surface area (Å²) in [6.07, 6.45) is -3.24. The zero-order valence-electron chi connectivity index (χ0n) is 16.1. The summed E-state index contributed by atoms with van der Waals surface area (Å²) in [5, 5.41) is 9.18. The lowest BCUT2D eigenvalue weighted by Crippen LogP contribution is -2.12. The summed E-state index contributed by atoms with van der Waals surface area (Å²) in [6.45, 7) is 0. The Morgan fingerprint density at radius 2 is 1.84 bits per heavy atom. The van der Waals surface area contributed by atoms with Gasteiger partial charge in [0.25, 0.3) is 0 Å². The van der Waals surface area contributed by atoms with Gasteiger partial charge in [-0.05, 0) is 48.0 Å². The summed E-state index contributed by atoms with van der Waals surface area (Å²) in [7, 11) is -3.08. The minimum absolute atomic E-state index is 0.114. The topological polar surface area (TPSA) is 93.6 Å². The van der Waals surface area contributed by atoms with Crippen molar-refractivity contribution < 1.29 is 36.2 Å². The van der Waals surface area contributed by atoms with E-state index in [0.717, 1.165) is 18.2 Å². The lowest BCUT2D eigenvalue weighted by atomic mass is 10.0. The van der Waals surface area contributed by atoms with Gasteiger partial charge in [0.1, 0.15) is 10.6 Å². The standard InChI is InChI=1S/C21H16F3NO5S/c1-30-18-8-5-13(20(26)27)11-19(18)31(28,29)12-14-10-15(21(22,23)24)6-7-16(14)17-4-2-3-9-25-17/h2-11H,12H2,1H3,(H,26,27). The molecule has 6 nitrogen and oxygen atoms in total. The molecule has 0 aliphatic heterocycles. The van der Waals surface area contributed by atoms with Crippen LogP contribution in [0.4, 0.5) is 13.2 Å². The van der Waals surface area contributed by atoms with Gasteiger partial charge in [-0.25, -0.2) is 13.2 Å². The number of hydrogen-bond acceptors (Lipinski definition) is 5. The van der Waals surface area contributed by atoms with Crippen molar-refractivity contribution in [2.75, 3.05) is 7.11 Å². The molecule has 1 N–H and O–H groups in total. The van der Waals surface area contributed by atoms with E-state index in [1.807, 2.05) is 0 Å². The van der Waals surface area contributed by atoms with E-state index in [2.05, 4.69) is 4.98 Å². The van der Waals surface area contributed by atoms with Crippen molar-refractivity contribution >= 4 is 15.8 Å². The maximum absolute atomic E-state index is 13.3. The number of pyridine rings is 1. The molecule has 0 saturated heterocycles. The minimum Gasteiger partial charge on any atom is -0.495 e. The molecule has 0 atom stereocenters. The molecule has 0 aliphatic rings. The third-order valence-electron chi connectivity index (χ3n) is 4.46. The van der Waals surface area contributed by atoms with Gasteiger partial charge in [-0.15, -0.1) is 0 Å². The van der Waals surface area contributed by atoms with Gasteiger partial charge in [0.15, 0.2) is 9.84 Å². The van der Waals surface area contributed by atoms with Crippen LogP contribution in [0.25, 0.3) is 11.3 Å². The fourth-order valence-electron chi connectivity index (χ4n) is 3.00. The molecule has 1 heterocycles. The van der Waals surface area contributed by atoms with E-state index in [1.165, 1.54) is 31.5 Å². The molecule has 31 heavy (non-hydrogen) atoms. The Hall–Kier alpha value is -3.40. The van der Waals surface area contributed by atoms with Gasteiger partial charge >= 0.3 is 12.1 Å². The number of halogens is 3. The first-order valence-electron chi connectivity index (χ1n) is 8.78. The predicted molar refractivity (Wildman–Crippen MR) is 106 cm³/mol. The monoisotopic (exact) mass is 451 g/mol. The molecule has 3 rings (SSSR count). The highest BCUT2D eigenvalue weighted by atomic mass is 32.2. The molecule has 0 bridgehead atoms. The highest BCUT2D eigenvalue weighted by Crippen LogP contribution is 2.35. The second-order valence-corrected chi connectivity index (χ2v) is 8.47. The van der Waals surface area contributed by atoms with Crippen molar-refractivity contribution in [3.63, 3.8) is 0 Å². The summed E-state index contributed by atoms with van der Waals surface area (Å²) in [4.78, 5) is 14.9. The van der Waals surface area contributed by atoms with Gasteiger partial charge in [0, 0.05) is 11.8 Å². The highest BCUT2D eigenvalue weighted by molar-refractivity contribution is 7.90. The Bertz CT molecular complexity index is 1230. The first-order chi connectivity index (χ1) is 14.5.